The van der Waals surface area contributed by atoms with E-state index in [1.807, 2.05) is 0 Å². The molecule has 3 N–H and O–H groups in total. The van der Waals surface area contributed by atoms with Gasteiger partial charge in [0.05, 0.1) is 0 Å². The molecule has 23 heavy (non-hydrogen) atoms. The Morgan fingerprint density at radius 1 is 1.30 bits per heavy atom. The minimum atomic E-state index is -1.17. The quantitative estimate of drug-likeness (QED) is 0.752. The second-order valence-corrected chi connectivity index (χ2v) is 5.10. The number of fused-ring (bicyclic) bond motifs is 1. The van der Waals surface area contributed by atoms with Crippen molar-refractivity contribution < 1.29 is 23.9 Å². The van der Waals surface area contributed by atoms with Crippen LogP contribution in [0.3, 0.4) is 0 Å². The Morgan fingerprint density at radius 2 is 2.00 bits per heavy atom. The van der Waals surface area contributed by atoms with E-state index in [4.69, 9.17) is 5.11 Å². The van der Waals surface area contributed by atoms with E-state index in [9.17, 15) is 18.8 Å². The summed E-state index contributed by atoms with van der Waals surface area (Å²) in [5, 5.41) is 13.7. The van der Waals surface area contributed by atoms with Gasteiger partial charge in [0, 0.05) is 18.0 Å². The van der Waals surface area contributed by atoms with Crippen molar-refractivity contribution in [2.24, 2.45) is 7.05 Å². The SMILES string of the molecule is CC(NC(=O)c1cc2cc(F)ccc2n1C)C(=O)NCC(=O)O. The molecule has 0 radical (unpaired) electrons. The maximum atomic E-state index is 13.2. The number of amides is 2. The number of nitrogens with one attached hydrogen (secondary N) is 2. The van der Waals surface area contributed by atoms with Gasteiger partial charge >= 0.3 is 5.97 Å². The molecule has 7 nitrogen and oxygen atoms in total. The maximum absolute atomic E-state index is 13.2. The number of aromatic nitrogens is 1. The van der Waals surface area contributed by atoms with Crippen LogP contribution in [0.4, 0.5) is 4.39 Å². The lowest BCUT2D eigenvalue weighted by Gasteiger charge is -2.13. The van der Waals surface area contributed by atoms with Crippen molar-refractivity contribution in [2.75, 3.05) is 6.54 Å². The Balaban J connectivity index is 2.13. The zero-order chi connectivity index (χ0) is 17.1. The number of carbonyl (C=O) groups is 3. The number of halogens is 1. The van der Waals surface area contributed by atoms with E-state index < -0.39 is 36.2 Å². The molecule has 1 atom stereocenters. The number of nitrogens with zero attached hydrogens (tertiary/aromatic N) is 1. The van der Waals surface area contributed by atoms with Gasteiger partial charge in [-0.15, -0.1) is 0 Å². The molecule has 2 rings (SSSR count). The van der Waals surface area contributed by atoms with E-state index in [0.717, 1.165) is 0 Å². The van der Waals surface area contributed by atoms with Gasteiger partial charge in [-0.25, -0.2) is 4.39 Å². The Bertz CT molecular complexity index is 784. The largest absolute Gasteiger partial charge is 0.480 e. The van der Waals surface area contributed by atoms with Gasteiger partial charge in [-0.1, -0.05) is 0 Å². The molecule has 1 unspecified atom stereocenters. The number of carboxylic acids is 1. The van der Waals surface area contributed by atoms with Gasteiger partial charge in [-0.3, -0.25) is 14.4 Å². The summed E-state index contributed by atoms with van der Waals surface area (Å²) in [6, 6.07) is 4.79. The average Bonchev–Trinajstić information content (AvgIpc) is 2.81. The van der Waals surface area contributed by atoms with Gasteiger partial charge < -0.3 is 20.3 Å². The van der Waals surface area contributed by atoms with E-state index in [-0.39, 0.29) is 5.69 Å². The molecule has 8 heteroatoms. The van der Waals surface area contributed by atoms with Crippen LogP contribution in [0.2, 0.25) is 0 Å². The number of aliphatic carboxylic acids is 1. The lowest BCUT2D eigenvalue weighted by atomic mass is 10.2. The molecule has 0 fully saturated rings. The van der Waals surface area contributed by atoms with Crippen LogP contribution < -0.4 is 10.6 Å². The minimum Gasteiger partial charge on any atom is -0.480 e. The fourth-order valence-electron chi connectivity index (χ4n) is 2.19. The molecule has 2 amide bonds. The highest BCUT2D eigenvalue weighted by Gasteiger charge is 2.20. The minimum absolute atomic E-state index is 0.267. The summed E-state index contributed by atoms with van der Waals surface area (Å²) in [5.41, 5.74) is 0.947. The first kappa shape index (κ1) is 16.5. The van der Waals surface area contributed by atoms with Crippen molar-refractivity contribution in [3.8, 4) is 0 Å². The topological polar surface area (TPSA) is 100 Å². The zero-order valence-corrected chi connectivity index (χ0v) is 12.6. The summed E-state index contributed by atoms with van der Waals surface area (Å²) in [5.74, 6) is -2.70. The predicted octanol–water partition coefficient (Wildman–Crippen LogP) is 0.637. The number of carboxylic acid groups (broad SMARTS) is 1. The van der Waals surface area contributed by atoms with Crippen molar-refractivity contribution in [1.29, 1.82) is 0 Å². The molecule has 122 valence electrons. The molecule has 0 saturated heterocycles. The summed E-state index contributed by atoms with van der Waals surface area (Å²) in [6.07, 6.45) is 0. The molecular weight excluding hydrogens is 305 g/mol. The zero-order valence-electron chi connectivity index (χ0n) is 12.6. The summed E-state index contributed by atoms with van der Waals surface area (Å²) in [6.45, 7) is 0.920. The van der Waals surface area contributed by atoms with E-state index >= 15 is 0 Å². The number of hydrogen-bond acceptors (Lipinski definition) is 3. The van der Waals surface area contributed by atoms with Crippen LogP contribution >= 0.6 is 0 Å². The summed E-state index contributed by atoms with van der Waals surface area (Å²) in [4.78, 5) is 34.3. The molecule has 1 aromatic heterocycles. The lowest BCUT2D eigenvalue weighted by molar-refractivity contribution is -0.138. The Hall–Kier alpha value is -2.90. The standard InChI is InChI=1S/C15H16FN3O4/c1-8(14(22)17-7-13(20)21)18-15(23)12-6-9-5-10(16)3-4-11(9)19(12)2/h3-6,8H,7H2,1-2H3,(H,17,22)(H,18,23)(H,20,21). The van der Waals surface area contributed by atoms with Gasteiger partial charge in [-0.2, -0.15) is 0 Å². The molecule has 0 aliphatic carbocycles. The first-order valence-electron chi connectivity index (χ1n) is 6.85. The summed E-state index contributed by atoms with van der Waals surface area (Å²) < 4.78 is 14.8. The van der Waals surface area contributed by atoms with E-state index in [1.54, 1.807) is 17.7 Å². The third-order valence-electron chi connectivity index (χ3n) is 3.39. The van der Waals surface area contributed by atoms with Crippen molar-refractivity contribution in [1.82, 2.24) is 15.2 Å². The molecule has 1 aromatic carbocycles. The van der Waals surface area contributed by atoms with Crippen molar-refractivity contribution >= 4 is 28.7 Å². The summed E-state index contributed by atoms with van der Waals surface area (Å²) >= 11 is 0. The predicted molar refractivity (Wildman–Crippen MR) is 80.5 cm³/mol. The van der Waals surface area contributed by atoms with Crippen LogP contribution in [0, 0.1) is 5.82 Å². The highest BCUT2D eigenvalue weighted by Crippen LogP contribution is 2.19. The van der Waals surface area contributed by atoms with Gasteiger partial charge in [0.15, 0.2) is 0 Å². The second-order valence-electron chi connectivity index (χ2n) is 5.10. The van der Waals surface area contributed by atoms with Crippen LogP contribution in [0.1, 0.15) is 17.4 Å². The van der Waals surface area contributed by atoms with E-state index in [0.29, 0.717) is 10.9 Å². The fraction of sp³-hybridized carbons (Fsp3) is 0.267. The number of carbonyl (C=O) groups excluding carboxylic acids is 2. The van der Waals surface area contributed by atoms with Crippen LogP contribution in [-0.2, 0) is 16.6 Å². The first-order chi connectivity index (χ1) is 10.8. The smallest absolute Gasteiger partial charge is 0.322 e. The molecule has 0 spiro atoms. The summed E-state index contributed by atoms with van der Waals surface area (Å²) in [7, 11) is 1.66. The monoisotopic (exact) mass is 321 g/mol. The van der Waals surface area contributed by atoms with Gasteiger partial charge in [0.25, 0.3) is 5.91 Å². The van der Waals surface area contributed by atoms with Gasteiger partial charge in [-0.05, 0) is 31.2 Å². The van der Waals surface area contributed by atoms with E-state index in [1.165, 1.54) is 25.1 Å². The normalized spacial score (nSPS) is 12.0. The molecule has 0 saturated carbocycles. The molecule has 0 aliphatic heterocycles. The van der Waals surface area contributed by atoms with Crippen molar-refractivity contribution in [2.45, 2.75) is 13.0 Å². The molecular formula is C15H16FN3O4. The first-order valence-corrected chi connectivity index (χ1v) is 6.85. The molecule has 1 heterocycles. The second kappa shape index (κ2) is 6.47. The Morgan fingerprint density at radius 3 is 2.65 bits per heavy atom. The number of aryl methyl sites for hydroxylation is 1. The van der Waals surface area contributed by atoms with Gasteiger partial charge in [0.2, 0.25) is 5.91 Å². The van der Waals surface area contributed by atoms with Crippen molar-refractivity contribution in [3.63, 3.8) is 0 Å². The number of rotatable bonds is 5. The van der Waals surface area contributed by atoms with E-state index in [2.05, 4.69) is 10.6 Å². The van der Waals surface area contributed by atoms with Crippen molar-refractivity contribution in [3.05, 3.63) is 35.8 Å². The van der Waals surface area contributed by atoms with Crippen LogP contribution in [0.25, 0.3) is 10.9 Å². The molecule has 0 bridgehead atoms. The average molecular weight is 321 g/mol. The third-order valence-corrected chi connectivity index (χ3v) is 3.39. The lowest BCUT2D eigenvalue weighted by Crippen LogP contribution is -2.46. The number of benzene rings is 1. The maximum Gasteiger partial charge on any atom is 0.322 e. The van der Waals surface area contributed by atoms with Gasteiger partial charge in [0.1, 0.15) is 24.1 Å². The molecule has 0 aliphatic rings. The number of hydrogen-bond donors (Lipinski definition) is 3. The Labute approximate surface area is 131 Å². The van der Waals surface area contributed by atoms with Crippen LogP contribution in [-0.4, -0.2) is 40.0 Å². The Kier molecular flexibility index (Phi) is 4.63. The third kappa shape index (κ3) is 3.65. The fourth-order valence-corrected chi connectivity index (χ4v) is 2.19. The molecule has 2 aromatic rings. The highest BCUT2D eigenvalue weighted by molar-refractivity contribution is 6.00. The highest BCUT2D eigenvalue weighted by atomic mass is 19.1. The van der Waals surface area contributed by atoms with Crippen LogP contribution in [0.5, 0.6) is 0 Å². The van der Waals surface area contributed by atoms with Crippen LogP contribution in [0.15, 0.2) is 24.3 Å².